The van der Waals surface area contributed by atoms with Gasteiger partial charge in [0.2, 0.25) is 5.91 Å². The summed E-state index contributed by atoms with van der Waals surface area (Å²) >= 11 is 0. The molecule has 3 aliphatic rings. The summed E-state index contributed by atoms with van der Waals surface area (Å²) in [6.07, 6.45) is 5.77. The Morgan fingerprint density at radius 3 is 2.34 bits per heavy atom. The van der Waals surface area contributed by atoms with Gasteiger partial charge in [-0.1, -0.05) is 25.8 Å². The third kappa shape index (κ3) is 4.19. The number of nitrogens with one attached hydrogen (secondary N) is 1. The van der Waals surface area contributed by atoms with E-state index in [4.69, 9.17) is 4.98 Å². The van der Waals surface area contributed by atoms with E-state index in [-0.39, 0.29) is 23.5 Å². The molecule has 2 aromatic rings. The maximum Gasteiger partial charge on any atom is 0.249 e. The first-order chi connectivity index (χ1) is 18.3. The second-order valence-corrected chi connectivity index (χ2v) is 10.9. The minimum Gasteiger partial charge on any atom is -0.368 e. The molecule has 2 aliphatic heterocycles. The monoisotopic (exact) mass is 517 g/mol. The van der Waals surface area contributed by atoms with E-state index in [1.807, 2.05) is 25.3 Å². The summed E-state index contributed by atoms with van der Waals surface area (Å²) in [6, 6.07) is 10.3. The molecule has 8 nitrogen and oxygen atoms in total. The molecule has 1 unspecified atom stereocenters. The van der Waals surface area contributed by atoms with Crippen LogP contribution >= 0.6 is 0 Å². The predicted octanol–water partition coefficient (Wildman–Crippen LogP) is 4.21. The molecule has 0 radical (unpaired) electrons. The van der Waals surface area contributed by atoms with E-state index in [0.29, 0.717) is 6.54 Å². The number of piperazine rings is 1. The fourth-order valence-corrected chi connectivity index (χ4v) is 6.80. The van der Waals surface area contributed by atoms with E-state index >= 15 is 0 Å². The highest BCUT2D eigenvalue weighted by Crippen LogP contribution is 2.51. The van der Waals surface area contributed by atoms with Gasteiger partial charge in [0.1, 0.15) is 5.82 Å². The fourth-order valence-electron chi connectivity index (χ4n) is 6.80. The maximum atomic E-state index is 14.1. The zero-order valence-electron chi connectivity index (χ0n) is 23.0. The SMILES string of the molecule is CCN(c1ccc2c(c1)N(C1CCCC1)C(=O)C(C(C)=O)(C(C)=O)C2C)c1ccc(N2CCNCC2)cn1. The lowest BCUT2D eigenvalue weighted by Crippen LogP contribution is -2.60. The minimum atomic E-state index is -1.66. The van der Waals surface area contributed by atoms with E-state index in [1.165, 1.54) is 13.8 Å². The van der Waals surface area contributed by atoms with Crippen LogP contribution in [0.1, 0.15) is 64.9 Å². The number of Topliss-reactive ketones (excluding diaryl/α,β-unsaturated/α-hetero) is 2. The number of amides is 1. The number of benzene rings is 1. The molecule has 2 fully saturated rings. The summed E-state index contributed by atoms with van der Waals surface area (Å²) in [5.74, 6) is -0.787. The summed E-state index contributed by atoms with van der Waals surface area (Å²) in [7, 11) is 0. The van der Waals surface area contributed by atoms with Gasteiger partial charge in [-0.2, -0.15) is 0 Å². The van der Waals surface area contributed by atoms with E-state index in [2.05, 4.69) is 40.2 Å². The van der Waals surface area contributed by atoms with Crippen LogP contribution in [0.2, 0.25) is 0 Å². The third-order valence-electron chi connectivity index (χ3n) is 8.87. The normalized spacial score (nSPS) is 21.4. The molecule has 1 N–H and O–H groups in total. The highest BCUT2D eigenvalue weighted by Gasteiger charge is 2.59. The fraction of sp³-hybridized carbons (Fsp3) is 0.533. The molecule has 0 spiro atoms. The van der Waals surface area contributed by atoms with Gasteiger partial charge in [0, 0.05) is 56.1 Å². The number of hydrogen-bond donors (Lipinski definition) is 1. The van der Waals surface area contributed by atoms with Gasteiger partial charge in [0.15, 0.2) is 17.0 Å². The van der Waals surface area contributed by atoms with Gasteiger partial charge in [-0.3, -0.25) is 14.4 Å². The average Bonchev–Trinajstić information content (AvgIpc) is 3.44. The van der Waals surface area contributed by atoms with Crippen molar-refractivity contribution in [1.82, 2.24) is 10.3 Å². The Morgan fingerprint density at radius 2 is 1.76 bits per heavy atom. The number of carbonyl (C=O) groups is 3. The van der Waals surface area contributed by atoms with Crippen LogP contribution in [0.3, 0.4) is 0 Å². The molecular weight excluding hydrogens is 478 g/mol. The number of aromatic nitrogens is 1. The standard InChI is InChI=1S/C30H39N5O3/c1-5-34(28-13-11-25(19-32-28)33-16-14-31-15-17-33)24-10-12-26-20(2)30(21(3)36,22(4)37)29(38)35(27(26)18-24)23-8-6-7-9-23/h10-13,18-20,23,31H,5-9,14-17H2,1-4H3. The van der Waals surface area contributed by atoms with Crippen LogP contribution in [0.4, 0.5) is 22.9 Å². The van der Waals surface area contributed by atoms with Gasteiger partial charge in [0.05, 0.1) is 11.9 Å². The molecule has 1 aromatic carbocycles. The Kier molecular flexibility index (Phi) is 7.27. The zero-order chi connectivity index (χ0) is 27.0. The number of carbonyl (C=O) groups excluding carboxylic acids is 3. The van der Waals surface area contributed by atoms with E-state index in [9.17, 15) is 14.4 Å². The van der Waals surface area contributed by atoms with Crippen LogP contribution in [0, 0.1) is 5.41 Å². The second-order valence-electron chi connectivity index (χ2n) is 10.9. The first kappa shape index (κ1) is 26.4. The molecule has 8 heteroatoms. The first-order valence-electron chi connectivity index (χ1n) is 14.0. The molecular formula is C30H39N5O3. The Labute approximate surface area is 225 Å². The predicted molar refractivity (Wildman–Crippen MR) is 150 cm³/mol. The van der Waals surface area contributed by atoms with Crippen LogP contribution in [0.25, 0.3) is 0 Å². The molecule has 1 saturated heterocycles. The Balaban J connectivity index is 1.55. The molecule has 1 atom stereocenters. The molecule has 5 rings (SSSR count). The van der Waals surface area contributed by atoms with Gasteiger partial charge in [-0.25, -0.2) is 4.98 Å². The summed E-state index contributed by atoms with van der Waals surface area (Å²) in [4.78, 5) is 51.2. The Bertz CT molecular complexity index is 1200. The molecule has 1 aromatic heterocycles. The van der Waals surface area contributed by atoms with Crippen LogP contribution in [0.15, 0.2) is 36.5 Å². The van der Waals surface area contributed by atoms with Crippen molar-refractivity contribution in [2.24, 2.45) is 5.41 Å². The van der Waals surface area contributed by atoms with Gasteiger partial charge in [-0.15, -0.1) is 0 Å². The maximum absolute atomic E-state index is 14.1. The van der Waals surface area contributed by atoms with Crippen LogP contribution < -0.4 is 20.0 Å². The van der Waals surface area contributed by atoms with Crippen molar-refractivity contribution in [3.05, 3.63) is 42.1 Å². The number of anilines is 4. The number of ketones is 2. The summed E-state index contributed by atoms with van der Waals surface area (Å²) < 4.78 is 0. The third-order valence-corrected chi connectivity index (χ3v) is 8.87. The number of nitrogens with zero attached hydrogens (tertiary/aromatic N) is 4. The molecule has 3 heterocycles. The molecule has 1 amide bonds. The van der Waals surface area contributed by atoms with Crippen LogP contribution in [0.5, 0.6) is 0 Å². The average molecular weight is 518 g/mol. The lowest BCUT2D eigenvalue weighted by Gasteiger charge is -2.46. The molecule has 38 heavy (non-hydrogen) atoms. The molecule has 0 bridgehead atoms. The van der Waals surface area contributed by atoms with E-state index < -0.39 is 11.3 Å². The largest absolute Gasteiger partial charge is 0.368 e. The smallest absolute Gasteiger partial charge is 0.249 e. The summed E-state index contributed by atoms with van der Waals surface area (Å²) in [6.45, 7) is 11.3. The van der Waals surface area contributed by atoms with Crippen molar-refractivity contribution in [2.45, 2.75) is 65.3 Å². The first-order valence-corrected chi connectivity index (χ1v) is 14.0. The van der Waals surface area contributed by atoms with Crippen molar-refractivity contribution in [1.29, 1.82) is 0 Å². The van der Waals surface area contributed by atoms with Crippen molar-refractivity contribution in [3.63, 3.8) is 0 Å². The number of pyridine rings is 1. The molecule has 1 saturated carbocycles. The van der Waals surface area contributed by atoms with Crippen molar-refractivity contribution in [3.8, 4) is 0 Å². The summed E-state index contributed by atoms with van der Waals surface area (Å²) in [5.41, 5.74) is 2.09. The second kappa shape index (κ2) is 10.5. The van der Waals surface area contributed by atoms with E-state index in [1.54, 1.807) is 4.90 Å². The van der Waals surface area contributed by atoms with Crippen LogP contribution in [-0.2, 0) is 14.4 Å². The number of rotatable bonds is 7. The minimum absolute atomic E-state index is 0.00593. The number of fused-ring (bicyclic) bond motifs is 1. The summed E-state index contributed by atoms with van der Waals surface area (Å²) in [5, 5.41) is 3.38. The molecule has 202 valence electrons. The Hall–Kier alpha value is -3.26. The van der Waals surface area contributed by atoms with Crippen LogP contribution in [-0.4, -0.2) is 61.2 Å². The molecule has 1 aliphatic carbocycles. The van der Waals surface area contributed by atoms with Gasteiger partial charge < -0.3 is 20.0 Å². The highest BCUT2D eigenvalue weighted by molar-refractivity contribution is 6.28. The van der Waals surface area contributed by atoms with Crippen molar-refractivity contribution >= 4 is 40.4 Å². The topological polar surface area (TPSA) is 85.9 Å². The highest BCUT2D eigenvalue weighted by atomic mass is 16.2. The van der Waals surface area contributed by atoms with Gasteiger partial charge in [-0.05, 0) is 63.4 Å². The van der Waals surface area contributed by atoms with Crippen molar-refractivity contribution < 1.29 is 14.4 Å². The Morgan fingerprint density at radius 1 is 1.08 bits per heavy atom. The lowest BCUT2D eigenvalue weighted by molar-refractivity contribution is -0.149. The van der Waals surface area contributed by atoms with E-state index in [0.717, 1.165) is 80.3 Å². The lowest BCUT2D eigenvalue weighted by atomic mass is 9.64. The zero-order valence-corrected chi connectivity index (χ0v) is 23.0. The quantitative estimate of drug-likeness (QED) is 0.551. The van der Waals surface area contributed by atoms with Crippen molar-refractivity contribution in [2.75, 3.05) is 47.4 Å². The van der Waals surface area contributed by atoms with Gasteiger partial charge in [0.25, 0.3) is 0 Å². The number of hydrogen-bond acceptors (Lipinski definition) is 7. The van der Waals surface area contributed by atoms with Gasteiger partial charge >= 0.3 is 0 Å².